The first-order valence-electron chi connectivity index (χ1n) is 48.9. The van der Waals surface area contributed by atoms with Crippen LogP contribution in [0.5, 0.6) is 11.5 Å². The molecular weight excluding hydrogens is 1910 g/mol. The van der Waals surface area contributed by atoms with Crippen molar-refractivity contribution in [2.45, 2.75) is 263 Å². The third-order valence-electron chi connectivity index (χ3n) is 25.2. The van der Waals surface area contributed by atoms with Crippen LogP contribution in [0.15, 0.2) is 134 Å². The maximum absolute atomic E-state index is 15.5. The number of ether oxygens (including phenoxy) is 1. The highest BCUT2D eigenvalue weighted by atomic mass is 32.2. The van der Waals surface area contributed by atoms with E-state index in [0.29, 0.717) is 46.6 Å². The number of nitrogens with zero attached hydrogens (tertiary/aromatic N) is 1. The van der Waals surface area contributed by atoms with E-state index >= 15 is 47.9 Å². The number of aliphatic hydroxyl groups excluding tert-OH is 1. The van der Waals surface area contributed by atoms with Gasteiger partial charge in [0.2, 0.25) is 94.5 Å². The average molecular weight is 2050 g/mol. The van der Waals surface area contributed by atoms with E-state index in [1.165, 1.54) is 69.4 Å². The Balaban J connectivity index is 1.23. The highest BCUT2D eigenvalue weighted by Crippen LogP contribution is 2.30. The number of phenols is 1. The van der Waals surface area contributed by atoms with E-state index in [1.807, 2.05) is 30.3 Å². The Morgan fingerprint density at radius 2 is 0.945 bits per heavy atom. The minimum absolute atomic E-state index is 0.0187. The van der Waals surface area contributed by atoms with Crippen LogP contribution in [0.1, 0.15) is 163 Å². The Labute approximate surface area is 851 Å². The van der Waals surface area contributed by atoms with Gasteiger partial charge in [-0.05, 0) is 140 Å². The number of aliphatic hydroxyl groups is 1. The van der Waals surface area contributed by atoms with E-state index in [1.54, 1.807) is 110 Å². The van der Waals surface area contributed by atoms with E-state index in [0.717, 1.165) is 42.2 Å². The van der Waals surface area contributed by atoms with Crippen molar-refractivity contribution in [3.63, 3.8) is 0 Å². The molecule has 146 heavy (non-hydrogen) atoms. The van der Waals surface area contributed by atoms with Gasteiger partial charge in [-0.2, -0.15) is 0 Å². The molecule has 0 unspecified atom stereocenters. The number of nitrogens with two attached hydrogens (primary N) is 2. The molecule has 16 amide bonds. The summed E-state index contributed by atoms with van der Waals surface area (Å²) in [5, 5.41) is 89.8. The van der Waals surface area contributed by atoms with E-state index < -0.39 is 264 Å². The van der Waals surface area contributed by atoms with Gasteiger partial charge in [0, 0.05) is 62.1 Å². The third kappa shape index (κ3) is 36.5. The van der Waals surface area contributed by atoms with Crippen LogP contribution in [0.25, 0.3) is 22.0 Å². The van der Waals surface area contributed by atoms with Gasteiger partial charge < -0.3 is 126 Å². The minimum atomic E-state index is -2.12. The van der Waals surface area contributed by atoms with Crippen molar-refractivity contribution in [3.05, 3.63) is 156 Å². The number of aromatic nitrogens is 1. The number of rotatable bonds is 29. The lowest BCUT2D eigenvalue weighted by atomic mass is 9.84. The summed E-state index contributed by atoms with van der Waals surface area (Å²) in [5.41, 5.74) is 14.9. The number of carbonyl (C=O) groups excluding carboxylic acids is 16. The molecule has 1 saturated carbocycles. The number of phenolic OH excluding ortho intramolecular Hbond substituents is 1. The number of hydrogen-bond acceptors (Lipinski definition) is 23. The zero-order valence-corrected chi connectivity index (χ0v) is 84.9. The number of primary amides is 1. The van der Waals surface area contributed by atoms with Gasteiger partial charge in [-0.25, -0.2) is 4.79 Å². The third-order valence-corrected chi connectivity index (χ3v) is 26.2. The maximum Gasteiger partial charge on any atom is 0.341 e. The first kappa shape index (κ1) is 117. The van der Waals surface area contributed by atoms with E-state index in [-0.39, 0.29) is 79.5 Å². The Hall–Kier alpha value is -14.7. The smallest absolute Gasteiger partial charge is 0.341 e. The topological polar surface area (TPSA) is 673 Å². The molecule has 43 nitrogen and oxygen atoms in total. The SMILES string of the molecule is CC(C)C[C@H]1NC(=O)[C@H](C)N(C)C(=O)[C@H](C(C)C)NC(=O)[C@H](Cc2ccc(-c3ccccc3)cc2)NC(=O)[C@H](C(C)C)NC(=O)[C@H](Cc2c[nH]c3ccccc23)NC(=O)[C@H](CC(=O)O)NC(=O)[C@H](Cc2ccc(O)cc2)NC(=O)[C@H](Cc2ccc(OCC(=O)O)cc2)NC(=O)CSC[C@@H](C(=O)N[C@@H](C)C(N)=O)NC(=O)[C@H]([C@@H](C)O)NC(=O)[C@H](C(C)C)NC(=O)[C@H](CC2CCCCC2)NC(=O)[C@H](CCCNC(=N)N)NC1=O. The van der Waals surface area contributed by atoms with Gasteiger partial charge >= 0.3 is 11.9 Å². The highest BCUT2D eigenvalue weighted by molar-refractivity contribution is 8.00. The molecule has 5 aromatic carbocycles. The molecule has 1 aliphatic heterocycles. The van der Waals surface area contributed by atoms with Crippen LogP contribution < -0.4 is 96.0 Å². The largest absolute Gasteiger partial charge is 0.508 e. The number of carboxylic acids is 2. The first-order chi connectivity index (χ1) is 69.1. The summed E-state index contributed by atoms with van der Waals surface area (Å²) < 4.78 is 5.33. The molecule has 2 fully saturated rings. The number of H-pyrrole nitrogens is 1. The number of amides is 16. The fourth-order valence-corrected chi connectivity index (χ4v) is 17.6. The second-order valence-electron chi connectivity index (χ2n) is 38.5. The monoisotopic (exact) mass is 2050 g/mol. The summed E-state index contributed by atoms with van der Waals surface area (Å²) in [6, 6.07) is 9.68. The Bertz CT molecular complexity index is 5550. The average Bonchev–Trinajstić information content (AvgIpc) is 1.75. The number of carbonyl (C=O) groups is 18. The van der Waals surface area contributed by atoms with Crippen LogP contribution in [0.3, 0.4) is 0 Å². The van der Waals surface area contributed by atoms with Crippen molar-refractivity contribution in [2.24, 2.45) is 41.1 Å². The number of aromatic hydroxyl groups is 1. The number of benzene rings is 5. The van der Waals surface area contributed by atoms with Crippen molar-refractivity contribution in [3.8, 4) is 22.6 Å². The van der Waals surface area contributed by atoms with Crippen molar-refractivity contribution >= 4 is 135 Å². The number of likely N-dealkylation sites (N-methyl/N-ethyl adjacent to an activating group) is 1. The molecule has 6 aromatic rings. The molecule has 1 aromatic heterocycles. The number of fused-ring (bicyclic) bond motifs is 1. The quantitative estimate of drug-likeness (QED) is 0.0179. The molecule has 0 bridgehead atoms. The molecule has 1 aliphatic carbocycles. The molecule has 2 heterocycles. The number of hydrogen-bond donors (Lipinski definition) is 23. The molecule has 792 valence electrons. The molecule has 0 radical (unpaired) electrons. The Morgan fingerprint density at radius 1 is 0.493 bits per heavy atom. The van der Waals surface area contributed by atoms with Crippen molar-refractivity contribution < 1.29 is 111 Å². The van der Waals surface area contributed by atoms with Gasteiger partial charge in [0.25, 0.3) is 0 Å². The van der Waals surface area contributed by atoms with Gasteiger partial charge in [-0.3, -0.25) is 86.9 Å². The lowest BCUT2D eigenvalue weighted by Gasteiger charge is -2.33. The molecule has 2 aliphatic rings. The van der Waals surface area contributed by atoms with Gasteiger partial charge in [0.1, 0.15) is 102 Å². The second-order valence-corrected chi connectivity index (χ2v) is 39.5. The maximum atomic E-state index is 15.5. The van der Waals surface area contributed by atoms with Gasteiger partial charge in [-0.15, -0.1) is 11.8 Å². The molecule has 0 spiro atoms. The summed E-state index contributed by atoms with van der Waals surface area (Å²) in [4.78, 5) is 267. The van der Waals surface area contributed by atoms with Crippen LogP contribution >= 0.6 is 11.8 Å². The number of thioether (sulfide) groups is 1. The van der Waals surface area contributed by atoms with E-state index in [9.17, 15) is 58.8 Å². The standard InChI is InChI=1S/C102H140N20O23S/c1-53(2)42-72-90(133)110-71(28-21-41-106-102(104)105)89(132)112-75(43-60-22-15-13-16-23-60)94(137)119-84(55(5)6)99(142)121-86(59(11)123)100(143)117-79(97(140)108-57(9)87(103)130)51-146-52-80(125)109-73(44-63-33-39-68(40-34-63)145-50-82(128)129)91(134)113-74(46-62-31-37-67(124)38-32-62)92(135)115-78(48-81(126)127)93(136)114-77(47-66-49-107-70-27-20-19-26-69(66)70)96(139)118-83(54(3)4)98(141)116-76(45-61-29-35-65(36-30-61)64-24-17-14-18-25-64)95(138)120-85(56(7)8)101(144)122(12)58(10)88(131)111-72/h14,17-20,24-27,29-40,49,53-60,71-79,83-86,107,123-124H,13,15-16,21-23,28,41-48,50-52H2,1-12H3,(H2,103,130)(H,108,140)(H,109,125)(H,110,133)(H,111,131)(H,112,132)(H,113,134)(H,114,136)(H,115,135)(H,116,141)(H,117,143)(H,118,139)(H,119,137)(H,120,138)(H,121,142)(H,126,127)(H,128,129)(H4,104,105,106)/t57-,58-,59+,71-,72+,73-,74-,75-,76-,77-,78-,79-,83-,84-,85-,86-/m0/s1. The summed E-state index contributed by atoms with van der Waals surface area (Å²) in [6.07, 6.45) is 0.634. The second kappa shape index (κ2) is 56.5. The van der Waals surface area contributed by atoms with Crippen molar-refractivity contribution in [1.82, 2.24) is 89.6 Å². The minimum Gasteiger partial charge on any atom is -0.508 e. The zero-order chi connectivity index (χ0) is 107. The van der Waals surface area contributed by atoms with E-state index in [2.05, 4.69) is 84.7 Å². The molecular formula is C102H140N20O23S. The number of aliphatic carboxylic acids is 2. The van der Waals surface area contributed by atoms with Gasteiger partial charge in [0.15, 0.2) is 12.6 Å². The van der Waals surface area contributed by atoms with E-state index in [4.69, 9.17) is 21.6 Å². The van der Waals surface area contributed by atoms with Crippen LogP contribution in [0.2, 0.25) is 0 Å². The number of nitrogens with one attached hydrogen (secondary N) is 17. The van der Waals surface area contributed by atoms with Crippen molar-refractivity contribution in [1.29, 1.82) is 5.41 Å². The van der Waals surface area contributed by atoms with Gasteiger partial charge in [0.05, 0.1) is 18.3 Å². The van der Waals surface area contributed by atoms with Crippen molar-refractivity contribution in [2.75, 3.05) is 31.7 Å². The number of para-hydroxylation sites is 1. The fourth-order valence-electron chi connectivity index (χ4n) is 16.7. The number of carboxylic acid groups (broad SMARTS) is 2. The van der Waals surface area contributed by atoms with Gasteiger partial charge in [-0.1, -0.05) is 185 Å². The molecule has 25 N–H and O–H groups in total. The molecule has 16 atom stereocenters. The van der Waals surface area contributed by atoms with Crippen LogP contribution in [0, 0.1) is 35.0 Å². The Morgan fingerprint density at radius 3 is 1.49 bits per heavy atom. The highest BCUT2D eigenvalue weighted by Gasteiger charge is 2.43. The van der Waals surface area contributed by atoms with Crippen LogP contribution in [-0.4, -0.2) is 271 Å². The molecule has 44 heteroatoms. The lowest BCUT2D eigenvalue weighted by molar-refractivity contribution is -0.143. The predicted molar refractivity (Wildman–Crippen MR) is 542 cm³/mol. The Kier molecular flexibility index (Phi) is 45.1. The normalized spacial score (nSPS) is 23.4. The summed E-state index contributed by atoms with van der Waals surface area (Å²) in [7, 11) is 1.30. The van der Waals surface area contributed by atoms with Crippen LogP contribution in [0.4, 0.5) is 0 Å². The zero-order valence-electron chi connectivity index (χ0n) is 84.1. The predicted octanol–water partition coefficient (Wildman–Crippen LogP) is 1.26. The lowest BCUT2D eigenvalue weighted by Crippen LogP contribution is -2.63. The number of aromatic amines is 1. The molecule has 8 rings (SSSR count). The van der Waals surface area contributed by atoms with Crippen LogP contribution in [-0.2, 0) is 112 Å². The summed E-state index contributed by atoms with van der Waals surface area (Å²) in [5.74, 6) is -23.9. The molecule has 1 saturated heterocycles. The fraction of sp³-hybridized carbons (Fsp3) is 0.500. The summed E-state index contributed by atoms with van der Waals surface area (Å²) >= 11 is 0.667. The summed E-state index contributed by atoms with van der Waals surface area (Å²) in [6.45, 7) is 16.0. The first-order valence-corrected chi connectivity index (χ1v) is 50.1. The number of guanidine groups is 1.